The smallest absolute Gasteiger partial charge is 0.359 e. The van der Waals surface area contributed by atoms with Crippen molar-refractivity contribution in [2.45, 2.75) is 81.8 Å². The summed E-state index contributed by atoms with van der Waals surface area (Å²) < 4.78 is 34.7. The van der Waals surface area contributed by atoms with Gasteiger partial charge in [0.25, 0.3) is 10.0 Å². The second kappa shape index (κ2) is 11.0. The molecule has 2 saturated carbocycles. The predicted octanol–water partition coefficient (Wildman–Crippen LogP) is 5.93. The highest BCUT2D eigenvalue weighted by atomic mass is 32.2. The van der Waals surface area contributed by atoms with Crippen LogP contribution in [0.25, 0.3) is 0 Å². The van der Waals surface area contributed by atoms with E-state index < -0.39 is 21.6 Å². The minimum atomic E-state index is -3.88. The van der Waals surface area contributed by atoms with Crippen LogP contribution < -0.4 is 9.62 Å². The van der Waals surface area contributed by atoms with E-state index in [0.29, 0.717) is 30.8 Å². The van der Waals surface area contributed by atoms with Crippen molar-refractivity contribution in [2.24, 2.45) is 11.8 Å². The number of anilines is 2. The lowest BCUT2D eigenvalue weighted by atomic mass is 9.71. The Morgan fingerprint density at radius 2 is 1.74 bits per heavy atom. The summed E-state index contributed by atoms with van der Waals surface area (Å²) in [5, 5.41) is 11.4. The molecule has 2 heterocycles. The van der Waals surface area contributed by atoms with Crippen molar-refractivity contribution in [2.75, 3.05) is 16.2 Å². The summed E-state index contributed by atoms with van der Waals surface area (Å²) in [6, 6.07) is 11.5. The van der Waals surface area contributed by atoms with E-state index in [9.17, 15) is 18.3 Å². The van der Waals surface area contributed by atoms with Gasteiger partial charge < -0.3 is 14.7 Å². The number of carbonyl (C=O) groups is 1. The number of hydrogen-bond donors (Lipinski definition) is 2. The van der Waals surface area contributed by atoms with E-state index in [1.807, 2.05) is 6.92 Å². The summed E-state index contributed by atoms with van der Waals surface area (Å²) in [6.45, 7) is 2.46. The molecule has 0 unspecified atom stereocenters. The van der Waals surface area contributed by atoms with E-state index in [-0.39, 0.29) is 28.3 Å². The molecule has 0 bridgehead atoms. The molecule has 1 aromatic heterocycles. The summed E-state index contributed by atoms with van der Waals surface area (Å²) in [6.07, 6.45) is 11.2. The Kier molecular flexibility index (Phi) is 7.66. The summed E-state index contributed by atoms with van der Waals surface area (Å²) in [4.78, 5) is 19.4. The first-order chi connectivity index (χ1) is 18.3. The molecular weight excluding hydrogens is 502 g/mol. The molecule has 5 rings (SSSR count). The van der Waals surface area contributed by atoms with Gasteiger partial charge in [0.05, 0.1) is 5.69 Å². The van der Waals surface area contributed by atoms with Gasteiger partial charge in [0.2, 0.25) is 0 Å². The number of pyridine rings is 1. The number of esters is 1. The Morgan fingerprint density at radius 1 is 1.05 bits per heavy atom. The van der Waals surface area contributed by atoms with Gasteiger partial charge in [-0.1, -0.05) is 44.7 Å². The van der Waals surface area contributed by atoms with Crippen LogP contribution in [0.4, 0.5) is 11.4 Å². The molecule has 8 nitrogen and oxygen atoms in total. The SMILES string of the molecule is CCCN(C1=C(O)CC(C2CCCC2)(C2CCCC2)OC1=O)c1cccc(NS(=O)(=O)c2ccccn2)c1. The van der Waals surface area contributed by atoms with Crippen molar-refractivity contribution >= 4 is 27.4 Å². The molecule has 2 fully saturated rings. The van der Waals surface area contributed by atoms with E-state index in [2.05, 4.69) is 9.71 Å². The number of carbonyl (C=O) groups excluding carboxylic acids is 1. The average Bonchev–Trinajstić information content (AvgIpc) is 3.64. The molecule has 204 valence electrons. The molecule has 2 aliphatic carbocycles. The predicted molar refractivity (Wildman–Crippen MR) is 146 cm³/mol. The lowest BCUT2D eigenvalue weighted by molar-refractivity contribution is -0.176. The van der Waals surface area contributed by atoms with E-state index in [0.717, 1.165) is 51.4 Å². The van der Waals surface area contributed by atoms with Crippen LogP contribution in [-0.2, 0) is 19.6 Å². The van der Waals surface area contributed by atoms with Crippen molar-refractivity contribution in [3.8, 4) is 0 Å². The third-order valence-electron chi connectivity index (χ3n) is 8.33. The molecule has 2 aromatic rings. The number of aliphatic hydroxyl groups excluding tert-OH is 1. The highest BCUT2D eigenvalue weighted by Crippen LogP contribution is 2.52. The first-order valence-corrected chi connectivity index (χ1v) is 15.3. The van der Waals surface area contributed by atoms with Crippen LogP contribution in [0.5, 0.6) is 0 Å². The minimum absolute atomic E-state index is 0.0768. The topological polar surface area (TPSA) is 109 Å². The number of sulfonamides is 1. The van der Waals surface area contributed by atoms with Gasteiger partial charge in [-0.05, 0) is 74.3 Å². The molecule has 9 heteroatoms. The molecule has 2 N–H and O–H groups in total. The van der Waals surface area contributed by atoms with E-state index >= 15 is 0 Å². The molecule has 1 aromatic carbocycles. The van der Waals surface area contributed by atoms with Gasteiger partial charge in [0.15, 0.2) is 10.7 Å². The minimum Gasteiger partial charge on any atom is -0.510 e. The van der Waals surface area contributed by atoms with Crippen LogP contribution in [0.1, 0.15) is 71.1 Å². The van der Waals surface area contributed by atoms with Crippen LogP contribution in [0.15, 0.2) is 65.1 Å². The van der Waals surface area contributed by atoms with Crippen LogP contribution in [0, 0.1) is 11.8 Å². The van der Waals surface area contributed by atoms with E-state index in [1.165, 1.54) is 12.3 Å². The van der Waals surface area contributed by atoms with Gasteiger partial charge in [0.1, 0.15) is 11.4 Å². The number of nitrogens with one attached hydrogen (secondary N) is 1. The number of hydrogen-bond acceptors (Lipinski definition) is 7. The number of aliphatic hydroxyl groups is 1. The van der Waals surface area contributed by atoms with Crippen molar-refractivity contribution in [3.05, 3.63) is 60.1 Å². The Bertz CT molecular complexity index is 1270. The normalized spacial score (nSPS) is 20.5. The first-order valence-electron chi connectivity index (χ1n) is 13.8. The quantitative estimate of drug-likeness (QED) is 0.380. The second-order valence-corrected chi connectivity index (χ2v) is 12.4. The monoisotopic (exact) mass is 539 g/mol. The maximum Gasteiger partial charge on any atom is 0.359 e. The molecule has 38 heavy (non-hydrogen) atoms. The number of cyclic esters (lactones) is 1. The number of ether oxygens (including phenoxy) is 1. The lowest BCUT2D eigenvalue weighted by Gasteiger charge is -2.46. The van der Waals surface area contributed by atoms with E-state index in [1.54, 1.807) is 41.3 Å². The highest BCUT2D eigenvalue weighted by molar-refractivity contribution is 7.92. The summed E-state index contributed by atoms with van der Waals surface area (Å²) in [5.41, 5.74) is 0.462. The molecular formula is C29H37N3O5S. The Hall–Kier alpha value is -3.07. The molecule has 0 amide bonds. The van der Waals surface area contributed by atoms with Gasteiger partial charge >= 0.3 is 5.97 Å². The van der Waals surface area contributed by atoms with Crippen molar-refractivity contribution in [1.29, 1.82) is 0 Å². The zero-order valence-electron chi connectivity index (χ0n) is 21.9. The summed E-state index contributed by atoms with van der Waals surface area (Å²) in [5.74, 6) is 0.151. The zero-order valence-corrected chi connectivity index (χ0v) is 22.8. The van der Waals surface area contributed by atoms with Gasteiger partial charge in [-0.25, -0.2) is 9.78 Å². The average molecular weight is 540 g/mol. The Balaban J connectivity index is 1.46. The maximum absolute atomic E-state index is 13.7. The molecule has 0 radical (unpaired) electrons. The van der Waals surface area contributed by atoms with Crippen LogP contribution in [0.2, 0.25) is 0 Å². The van der Waals surface area contributed by atoms with Crippen molar-refractivity contribution in [1.82, 2.24) is 4.98 Å². The Morgan fingerprint density at radius 3 is 2.32 bits per heavy atom. The highest BCUT2D eigenvalue weighted by Gasteiger charge is 2.54. The fraction of sp³-hybridized carbons (Fsp3) is 0.517. The maximum atomic E-state index is 13.7. The fourth-order valence-corrected chi connectivity index (χ4v) is 7.65. The molecule has 3 aliphatic rings. The van der Waals surface area contributed by atoms with Gasteiger partial charge in [-0.2, -0.15) is 8.42 Å². The summed E-state index contributed by atoms with van der Waals surface area (Å²) in [7, 11) is -3.88. The number of nitrogens with zero attached hydrogens (tertiary/aromatic N) is 2. The third kappa shape index (κ3) is 5.13. The van der Waals surface area contributed by atoms with E-state index in [4.69, 9.17) is 4.74 Å². The van der Waals surface area contributed by atoms with Crippen LogP contribution in [0.3, 0.4) is 0 Å². The summed E-state index contributed by atoms with van der Waals surface area (Å²) >= 11 is 0. The number of aromatic nitrogens is 1. The molecule has 0 atom stereocenters. The zero-order chi connectivity index (χ0) is 26.8. The Labute approximate surface area is 225 Å². The second-order valence-electron chi connectivity index (χ2n) is 10.8. The van der Waals surface area contributed by atoms with Crippen molar-refractivity contribution < 1.29 is 23.1 Å². The third-order valence-corrected chi connectivity index (χ3v) is 9.62. The molecule has 0 saturated heterocycles. The number of rotatable bonds is 9. The number of benzene rings is 1. The van der Waals surface area contributed by atoms with Crippen LogP contribution in [-0.4, -0.2) is 36.6 Å². The molecule has 1 aliphatic heterocycles. The standard InChI is InChI=1S/C29H37N3O5S/c1-2-18-32(24-15-9-14-23(19-24)31-38(35,36)26-16-7-8-17-30-26)27-25(33)20-29(37-28(27)34,21-10-3-4-11-21)22-12-5-6-13-22/h7-9,14-17,19,21-22,31,33H,2-6,10-13,18,20H2,1H3. The lowest BCUT2D eigenvalue weighted by Crippen LogP contribution is -2.52. The molecule has 0 spiro atoms. The largest absolute Gasteiger partial charge is 0.510 e. The van der Waals surface area contributed by atoms with Gasteiger partial charge in [0, 0.05) is 24.8 Å². The van der Waals surface area contributed by atoms with Crippen LogP contribution >= 0.6 is 0 Å². The fourth-order valence-electron chi connectivity index (χ4n) is 6.65. The van der Waals surface area contributed by atoms with Gasteiger partial charge in [-0.15, -0.1) is 0 Å². The van der Waals surface area contributed by atoms with Crippen molar-refractivity contribution in [3.63, 3.8) is 0 Å². The van der Waals surface area contributed by atoms with Gasteiger partial charge in [-0.3, -0.25) is 4.72 Å². The first kappa shape index (κ1) is 26.5.